The summed E-state index contributed by atoms with van der Waals surface area (Å²) in [7, 11) is 0. The molecular formula is C14H18ClF3N2O. The SMILES string of the molecule is Cl.FC(F)(F)Oc1cccc(CNCC2C3CNCC23)c1. The lowest BCUT2D eigenvalue weighted by molar-refractivity contribution is -0.274. The van der Waals surface area contributed by atoms with Crippen molar-refractivity contribution in [3.05, 3.63) is 29.8 Å². The van der Waals surface area contributed by atoms with Gasteiger partial charge in [-0.15, -0.1) is 25.6 Å². The Hall–Kier alpha value is -0.980. The molecule has 0 radical (unpaired) electrons. The minimum absolute atomic E-state index is 0. The highest BCUT2D eigenvalue weighted by molar-refractivity contribution is 5.85. The van der Waals surface area contributed by atoms with E-state index in [1.54, 1.807) is 12.1 Å². The number of hydrogen-bond acceptors (Lipinski definition) is 3. The van der Waals surface area contributed by atoms with Gasteiger partial charge in [0.25, 0.3) is 0 Å². The highest BCUT2D eigenvalue weighted by Gasteiger charge is 2.51. The number of rotatable bonds is 5. The minimum atomic E-state index is -4.63. The first-order valence-corrected chi connectivity index (χ1v) is 6.79. The van der Waals surface area contributed by atoms with Crippen molar-refractivity contribution >= 4 is 12.4 Å². The molecule has 21 heavy (non-hydrogen) atoms. The molecule has 1 saturated carbocycles. The van der Waals surface area contributed by atoms with Gasteiger partial charge in [-0.2, -0.15) is 0 Å². The van der Waals surface area contributed by atoms with E-state index in [1.165, 1.54) is 12.1 Å². The lowest BCUT2D eigenvalue weighted by Gasteiger charge is -2.11. The number of piperidine rings is 1. The number of alkyl halides is 3. The summed E-state index contributed by atoms with van der Waals surface area (Å²) >= 11 is 0. The largest absolute Gasteiger partial charge is 0.573 e. The van der Waals surface area contributed by atoms with Gasteiger partial charge in [-0.3, -0.25) is 0 Å². The first kappa shape index (κ1) is 16.4. The van der Waals surface area contributed by atoms with Gasteiger partial charge in [-0.05, 0) is 55.1 Å². The summed E-state index contributed by atoms with van der Waals surface area (Å²) in [5.74, 6) is 2.15. The van der Waals surface area contributed by atoms with E-state index in [9.17, 15) is 13.2 Å². The summed E-state index contributed by atoms with van der Waals surface area (Å²) in [6.45, 7) is 3.71. The minimum Gasteiger partial charge on any atom is -0.406 e. The molecular weight excluding hydrogens is 305 g/mol. The average Bonchev–Trinajstić information content (AvgIpc) is 2.81. The Labute approximate surface area is 127 Å². The van der Waals surface area contributed by atoms with Crippen LogP contribution < -0.4 is 15.4 Å². The Kier molecular flexibility index (Phi) is 5.01. The molecule has 2 atom stereocenters. The van der Waals surface area contributed by atoms with Crippen LogP contribution in [0.5, 0.6) is 5.75 Å². The normalized spacial score (nSPS) is 26.9. The number of hydrogen-bond donors (Lipinski definition) is 2. The van der Waals surface area contributed by atoms with Crippen LogP contribution in [0.1, 0.15) is 5.56 Å². The maximum atomic E-state index is 12.1. The highest BCUT2D eigenvalue weighted by atomic mass is 35.5. The number of nitrogens with one attached hydrogen (secondary N) is 2. The molecule has 2 unspecified atom stereocenters. The summed E-state index contributed by atoms with van der Waals surface area (Å²) in [6.07, 6.45) is -4.63. The Balaban J connectivity index is 0.00000161. The predicted molar refractivity (Wildman–Crippen MR) is 75.4 cm³/mol. The van der Waals surface area contributed by atoms with Crippen LogP contribution in [0, 0.1) is 17.8 Å². The van der Waals surface area contributed by atoms with Gasteiger partial charge in [0.15, 0.2) is 0 Å². The molecule has 1 aromatic rings. The standard InChI is InChI=1S/C14H17F3N2O.ClH/c15-14(16,17)20-10-3-1-2-9(4-10)5-18-6-11-12-7-19-8-13(11)12;/h1-4,11-13,18-19H,5-8H2;1H. The molecule has 1 aromatic carbocycles. The molecule has 2 aliphatic rings. The summed E-state index contributed by atoms with van der Waals surface area (Å²) in [6, 6.07) is 6.11. The van der Waals surface area contributed by atoms with E-state index in [-0.39, 0.29) is 18.2 Å². The molecule has 1 aliphatic carbocycles. The molecule has 7 heteroatoms. The number of ether oxygens (including phenoxy) is 1. The van der Waals surface area contributed by atoms with Gasteiger partial charge < -0.3 is 15.4 Å². The highest BCUT2D eigenvalue weighted by Crippen LogP contribution is 2.47. The Morgan fingerprint density at radius 2 is 1.95 bits per heavy atom. The lowest BCUT2D eigenvalue weighted by atomic mass is 10.2. The second-order valence-corrected chi connectivity index (χ2v) is 5.48. The van der Waals surface area contributed by atoms with Gasteiger partial charge in [0.1, 0.15) is 5.75 Å². The average molecular weight is 323 g/mol. The fourth-order valence-electron chi connectivity index (χ4n) is 3.09. The monoisotopic (exact) mass is 322 g/mol. The summed E-state index contributed by atoms with van der Waals surface area (Å²) in [5, 5.41) is 6.66. The fourth-order valence-corrected chi connectivity index (χ4v) is 3.09. The molecule has 2 fully saturated rings. The zero-order valence-electron chi connectivity index (χ0n) is 11.3. The molecule has 118 valence electrons. The van der Waals surface area contributed by atoms with Gasteiger partial charge in [0.2, 0.25) is 0 Å². The van der Waals surface area contributed by atoms with E-state index in [4.69, 9.17) is 0 Å². The zero-order valence-corrected chi connectivity index (χ0v) is 12.1. The topological polar surface area (TPSA) is 33.3 Å². The molecule has 0 aromatic heterocycles. The van der Waals surface area contributed by atoms with E-state index in [0.29, 0.717) is 6.54 Å². The lowest BCUT2D eigenvalue weighted by Crippen LogP contribution is -2.23. The molecule has 3 rings (SSSR count). The molecule has 2 N–H and O–H groups in total. The Morgan fingerprint density at radius 1 is 1.24 bits per heavy atom. The van der Waals surface area contributed by atoms with Gasteiger partial charge in [-0.1, -0.05) is 12.1 Å². The van der Waals surface area contributed by atoms with E-state index in [0.717, 1.165) is 43.0 Å². The molecule has 3 nitrogen and oxygen atoms in total. The second-order valence-electron chi connectivity index (χ2n) is 5.48. The van der Waals surface area contributed by atoms with Crippen LogP contribution >= 0.6 is 12.4 Å². The van der Waals surface area contributed by atoms with Crippen LogP contribution in [0.4, 0.5) is 13.2 Å². The van der Waals surface area contributed by atoms with Gasteiger partial charge in [-0.25, -0.2) is 0 Å². The Bertz CT molecular complexity index is 474. The molecule has 0 spiro atoms. The predicted octanol–water partition coefficient (Wildman–Crippen LogP) is 2.56. The number of halogens is 4. The first-order chi connectivity index (χ1) is 9.53. The second kappa shape index (κ2) is 6.42. The van der Waals surface area contributed by atoms with Crippen molar-refractivity contribution in [2.24, 2.45) is 17.8 Å². The fraction of sp³-hybridized carbons (Fsp3) is 0.571. The number of benzene rings is 1. The van der Waals surface area contributed by atoms with Crippen LogP contribution in [-0.4, -0.2) is 26.0 Å². The van der Waals surface area contributed by atoms with Crippen molar-refractivity contribution < 1.29 is 17.9 Å². The van der Waals surface area contributed by atoms with E-state index in [2.05, 4.69) is 15.4 Å². The Morgan fingerprint density at radius 3 is 2.62 bits per heavy atom. The van der Waals surface area contributed by atoms with Crippen molar-refractivity contribution in [2.45, 2.75) is 12.9 Å². The van der Waals surface area contributed by atoms with Crippen LogP contribution in [0.3, 0.4) is 0 Å². The summed E-state index contributed by atoms with van der Waals surface area (Å²) in [5.41, 5.74) is 0.802. The zero-order chi connectivity index (χ0) is 14.2. The third-order valence-electron chi connectivity index (χ3n) is 4.11. The van der Waals surface area contributed by atoms with Crippen molar-refractivity contribution in [3.8, 4) is 5.75 Å². The summed E-state index contributed by atoms with van der Waals surface area (Å²) < 4.78 is 40.3. The van der Waals surface area contributed by atoms with Crippen LogP contribution in [0.15, 0.2) is 24.3 Å². The quantitative estimate of drug-likeness (QED) is 0.874. The number of fused-ring (bicyclic) bond motifs is 1. The van der Waals surface area contributed by atoms with Gasteiger partial charge in [0, 0.05) is 6.54 Å². The van der Waals surface area contributed by atoms with Crippen molar-refractivity contribution in [3.63, 3.8) is 0 Å². The van der Waals surface area contributed by atoms with Crippen LogP contribution in [-0.2, 0) is 6.54 Å². The van der Waals surface area contributed by atoms with Gasteiger partial charge in [0.05, 0.1) is 0 Å². The van der Waals surface area contributed by atoms with Crippen molar-refractivity contribution in [1.29, 1.82) is 0 Å². The maximum Gasteiger partial charge on any atom is 0.573 e. The third-order valence-corrected chi connectivity index (χ3v) is 4.11. The molecule has 1 saturated heterocycles. The summed E-state index contributed by atoms with van der Waals surface area (Å²) in [4.78, 5) is 0. The third kappa shape index (κ3) is 4.25. The maximum absolute atomic E-state index is 12.1. The van der Waals surface area contributed by atoms with E-state index in [1.807, 2.05) is 0 Å². The smallest absolute Gasteiger partial charge is 0.406 e. The molecule has 1 heterocycles. The first-order valence-electron chi connectivity index (χ1n) is 6.79. The van der Waals surface area contributed by atoms with E-state index >= 15 is 0 Å². The van der Waals surface area contributed by atoms with Crippen LogP contribution in [0.2, 0.25) is 0 Å². The molecule has 1 aliphatic heterocycles. The van der Waals surface area contributed by atoms with Crippen molar-refractivity contribution in [1.82, 2.24) is 10.6 Å². The molecule has 0 amide bonds. The molecule has 0 bridgehead atoms. The van der Waals surface area contributed by atoms with Crippen molar-refractivity contribution in [2.75, 3.05) is 19.6 Å². The van der Waals surface area contributed by atoms with Gasteiger partial charge >= 0.3 is 6.36 Å². The van der Waals surface area contributed by atoms with E-state index < -0.39 is 6.36 Å². The van der Waals surface area contributed by atoms with Crippen LogP contribution in [0.25, 0.3) is 0 Å².